The third-order valence-corrected chi connectivity index (χ3v) is 3.69. The predicted octanol–water partition coefficient (Wildman–Crippen LogP) is 2.81. The number of aromatic nitrogens is 1. The smallest absolute Gasteiger partial charge is 0.326 e. The molecule has 2 aromatic rings. The molecule has 0 aliphatic rings. The number of aliphatic carboxylic acids is 1. The number of carboxylic acid groups (broad SMARTS) is 1. The van der Waals surface area contributed by atoms with E-state index in [0.717, 1.165) is 11.1 Å². The number of rotatable bonds is 7. The molecule has 0 aliphatic heterocycles. The number of aryl methyl sites for hydroxylation is 2. The average Bonchev–Trinajstić information content (AvgIpc) is 2.52. The van der Waals surface area contributed by atoms with Crippen LogP contribution in [-0.4, -0.2) is 22.2 Å². The Bertz CT molecular complexity index is 719. The molecule has 5 nitrogen and oxygen atoms in total. The number of benzene rings is 1. The van der Waals surface area contributed by atoms with E-state index in [4.69, 9.17) is 4.74 Å². The van der Waals surface area contributed by atoms with Gasteiger partial charge in [0.1, 0.15) is 6.04 Å². The van der Waals surface area contributed by atoms with Gasteiger partial charge in [0, 0.05) is 6.20 Å². The molecule has 0 spiro atoms. The van der Waals surface area contributed by atoms with Crippen molar-refractivity contribution in [3.8, 4) is 5.75 Å². The van der Waals surface area contributed by atoms with Crippen molar-refractivity contribution in [3.05, 3.63) is 64.1 Å². The number of pyridine rings is 1. The van der Waals surface area contributed by atoms with Gasteiger partial charge in [-0.25, -0.2) is 4.79 Å². The number of ether oxygens (including phenoxy) is 1. The van der Waals surface area contributed by atoms with E-state index in [0.29, 0.717) is 19.4 Å². The molecule has 1 aromatic carbocycles. The first-order valence-electron chi connectivity index (χ1n) is 7.65. The highest BCUT2D eigenvalue weighted by atomic mass is 16.5. The molecule has 1 unspecified atom stereocenters. The van der Waals surface area contributed by atoms with Crippen LogP contribution in [0.1, 0.15) is 30.5 Å². The average molecular weight is 315 g/mol. The second-order valence-electron chi connectivity index (χ2n) is 5.40. The Balaban J connectivity index is 2.22. The molecule has 1 N–H and O–H groups in total. The normalized spacial score (nSPS) is 11.9. The van der Waals surface area contributed by atoms with Crippen LogP contribution in [0.25, 0.3) is 0 Å². The van der Waals surface area contributed by atoms with Gasteiger partial charge in [0.25, 0.3) is 5.56 Å². The second kappa shape index (κ2) is 7.63. The number of carboxylic acids is 1. The van der Waals surface area contributed by atoms with Crippen LogP contribution in [0.5, 0.6) is 5.75 Å². The van der Waals surface area contributed by atoms with Crippen LogP contribution in [0.15, 0.2) is 47.4 Å². The molecule has 122 valence electrons. The monoisotopic (exact) mass is 315 g/mol. The SMILES string of the molecule is CCOc1cccn(C(CCc2ccc(C)cc2)C(=O)O)c1=O. The molecule has 1 aromatic heterocycles. The summed E-state index contributed by atoms with van der Waals surface area (Å²) >= 11 is 0. The van der Waals surface area contributed by atoms with E-state index in [9.17, 15) is 14.7 Å². The Morgan fingerprint density at radius 3 is 2.57 bits per heavy atom. The molecule has 0 aliphatic carbocycles. The lowest BCUT2D eigenvalue weighted by molar-refractivity contribution is -0.141. The highest BCUT2D eigenvalue weighted by molar-refractivity contribution is 5.71. The third kappa shape index (κ3) is 4.22. The van der Waals surface area contributed by atoms with Crippen molar-refractivity contribution in [2.75, 3.05) is 6.61 Å². The van der Waals surface area contributed by atoms with E-state index < -0.39 is 17.6 Å². The summed E-state index contributed by atoms with van der Waals surface area (Å²) in [4.78, 5) is 23.9. The van der Waals surface area contributed by atoms with Gasteiger partial charge in [0.2, 0.25) is 0 Å². The van der Waals surface area contributed by atoms with E-state index in [1.54, 1.807) is 19.1 Å². The minimum absolute atomic E-state index is 0.177. The number of hydrogen-bond donors (Lipinski definition) is 1. The van der Waals surface area contributed by atoms with Crippen molar-refractivity contribution < 1.29 is 14.6 Å². The van der Waals surface area contributed by atoms with E-state index >= 15 is 0 Å². The molecule has 0 amide bonds. The molecular formula is C18H21NO4. The van der Waals surface area contributed by atoms with Crippen molar-refractivity contribution in [1.82, 2.24) is 4.57 Å². The van der Waals surface area contributed by atoms with Crippen LogP contribution >= 0.6 is 0 Å². The maximum Gasteiger partial charge on any atom is 0.326 e. The van der Waals surface area contributed by atoms with Crippen LogP contribution in [0, 0.1) is 6.92 Å². The minimum Gasteiger partial charge on any atom is -0.488 e. The number of hydrogen-bond acceptors (Lipinski definition) is 3. The molecule has 1 heterocycles. The maximum absolute atomic E-state index is 12.3. The lowest BCUT2D eigenvalue weighted by atomic mass is 10.0. The molecule has 0 bridgehead atoms. The van der Waals surface area contributed by atoms with E-state index in [2.05, 4.69) is 0 Å². The standard InChI is InChI=1S/C18H21NO4/c1-3-23-16-5-4-12-19(17(16)20)15(18(21)22)11-10-14-8-6-13(2)7-9-14/h4-9,12,15H,3,10-11H2,1-2H3,(H,21,22). The first kappa shape index (κ1) is 16.8. The molecule has 1 atom stereocenters. The molecule has 0 radical (unpaired) electrons. The highest BCUT2D eigenvalue weighted by Crippen LogP contribution is 2.16. The van der Waals surface area contributed by atoms with E-state index in [1.807, 2.05) is 31.2 Å². The molecule has 0 saturated heterocycles. The summed E-state index contributed by atoms with van der Waals surface area (Å²) in [6.07, 6.45) is 2.43. The lowest BCUT2D eigenvalue weighted by Crippen LogP contribution is -2.30. The van der Waals surface area contributed by atoms with Crippen molar-refractivity contribution in [1.29, 1.82) is 0 Å². The van der Waals surface area contributed by atoms with Gasteiger partial charge in [-0.1, -0.05) is 29.8 Å². The zero-order chi connectivity index (χ0) is 16.8. The van der Waals surface area contributed by atoms with Gasteiger partial charge >= 0.3 is 5.97 Å². The summed E-state index contributed by atoms with van der Waals surface area (Å²) in [6.45, 7) is 4.14. The van der Waals surface area contributed by atoms with Crippen molar-refractivity contribution in [2.45, 2.75) is 32.7 Å². The zero-order valence-corrected chi connectivity index (χ0v) is 13.4. The van der Waals surface area contributed by atoms with Crippen molar-refractivity contribution in [2.24, 2.45) is 0 Å². The molecule has 23 heavy (non-hydrogen) atoms. The Morgan fingerprint density at radius 1 is 1.26 bits per heavy atom. The van der Waals surface area contributed by atoms with E-state index in [-0.39, 0.29) is 5.75 Å². The van der Waals surface area contributed by atoms with Crippen molar-refractivity contribution >= 4 is 5.97 Å². The van der Waals surface area contributed by atoms with Crippen molar-refractivity contribution in [3.63, 3.8) is 0 Å². The summed E-state index contributed by atoms with van der Waals surface area (Å²) in [5.74, 6) is -0.843. The molecule has 5 heteroatoms. The summed E-state index contributed by atoms with van der Waals surface area (Å²) in [7, 11) is 0. The first-order valence-corrected chi connectivity index (χ1v) is 7.65. The van der Waals surface area contributed by atoms with Gasteiger partial charge in [-0.15, -0.1) is 0 Å². The van der Waals surface area contributed by atoms with Gasteiger partial charge < -0.3 is 9.84 Å². The van der Waals surface area contributed by atoms with Crippen LogP contribution in [-0.2, 0) is 11.2 Å². The molecule has 0 fully saturated rings. The first-order chi connectivity index (χ1) is 11.0. The van der Waals surface area contributed by atoms with Crippen LogP contribution in [0.2, 0.25) is 0 Å². The quantitative estimate of drug-likeness (QED) is 0.853. The summed E-state index contributed by atoms with van der Waals surface area (Å²) in [5, 5.41) is 9.49. The largest absolute Gasteiger partial charge is 0.488 e. The molecule has 2 rings (SSSR count). The minimum atomic E-state index is -1.02. The Morgan fingerprint density at radius 2 is 1.96 bits per heavy atom. The fourth-order valence-electron chi connectivity index (χ4n) is 2.44. The number of carbonyl (C=O) groups is 1. The Hall–Kier alpha value is -2.56. The van der Waals surface area contributed by atoms with Gasteiger partial charge in [0.15, 0.2) is 5.75 Å². The summed E-state index contributed by atoms with van der Waals surface area (Å²) in [6, 6.07) is 10.2. The lowest BCUT2D eigenvalue weighted by Gasteiger charge is -2.16. The Kier molecular flexibility index (Phi) is 5.57. The highest BCUT2D eigenvalue weighted by Gasteiger charge is 2.21. The van der Waals surface area contributed by atoms with Crippen LogP contribution in [0.4, 0.5) is 0 Å². The zero-order valence-electron chi connectivity index (χ0n) is 13.4. The summed E-state index contributed by atoms with van der Waals surface area (Å²) < 4.78 is 6.49. The van der Waals surface area contributed by atoms with Crippen LogP contribution < -0.4 is 10.3 Å². The fraction of sp³-hybridized carbons (Fsp3) is 0.333. The summed E-state index contributed by atoms with van der Waals surface area (Å²) in [5.41, 5.74) is 1.80. The predicted molar refractivity (Wildman–Crippen MR) is 88.0 cm³/mol. The van der Waals surface area contributed by atoms with Crippen LogP contribution in [0.3, 0.4) is 0 Å². The van der Waals surface area contributed by atoms with Gasteiger partial charge in [-0.05, 0) is 44.4 Å². The fourth-order valence-corrected chi connectivity index (χ4v) is 2.44. The second-order valence-corrected chi connectivity index (χ2v) is 5.40. The van der Waals surface area contributed by atoms with Gasteiger partial charge in [-0.3, -0.25) is 9.36 Å². The van der Waals surface area contributed by atoms with Gasteiger partial charge in [-0.2, -0.15) is 0 Å². The molecule has 0 saturated carbocycles. The van der Waals surface area contributed by atoms with E-state index in [1.165, 1.54) is 10.8 Å². The van der Waals surface area contributed by atoms with Gasteiger partial charge in [0.05, 0.1) is 6.61 Å². The Labute approximate surface area is 135 Å². The topological polar surface area (TPSA) is 68.5 Å². The number of nitrogens with zero attached hydrogens (tertiary/aromatic N) is 1. The third-order valence-electron chi connectivity index (χ3n) is 3.69. The maximum atomic E-state index is 12.3. The molecular weight excluding hydrogens is 294 g/mol.